The first-order valence-corrected chi connectivity index (χ1v) is 10.9. The molecule has 2 heterocycles. The molecule has 0 saturated carbocycles. The van der Waals surface area contributed by atoms with Crippen LogP contribution in [-0.4, -0.2) is 73.0 Å². The third kappa shape index (κ3) is 3.89. The van der Waals surface area contributed by atoms with Crippen LogP contribution in [0.15, 0.2) is 23.1 Å². The minimum absolute atomic E-state index is 0.0280. The Hall–Kier alpha value is -1.48. The molecular weight excluding hydrogens is 366 g/mol. The molecule has 3 atom stereocenters. The Bertz CT molecular complexity index is 824. The second-order valence-corrected chi connectivity index (χ2v) is 9.70. The standard InChI is InChI=1S/C19H29N3O4S/c1-13-9-17-10-18(5-6-19(17)22(13)16(4)24)27(25,26)21-8-7-20(11-14(21)2)12-15(3)23/h5-6,10,13-15,23H,7-9,11-12H2,1-4H3. The van der Waals surface area contributed by atoms with E-state index >= 15 is 0 Å². The number of hydrogen-bond donors (Lipinski definition) is 1. The summed E-state index contributed by atoms with van der Waals surface area (Å²) in [6.07, 6.45) is 0.235. The Morgan fingerprint density at radius 1 is 1.26 bits per heavy atom. The maximum Gasteiger partial charge on any atom is 0.243 e. The number of piperazine rings is 1. The highest BCUT2D eigenvalue weighted by atomic mass is 32.2. The number of carbonyl (C=O) groups excluding carboxylic acids is 1. The van der Waals surface area contributed by atoms with Crippen LogP contribution in [0.1, 0.15) is 33.3 Å². The molecule has 2 aliphatic heterocycles. The van der Waals surface area contributed by atoms with Crippen LogP contribution in [0.3, 0.4) is 0 Å². The van der Waals surface area contributed by atoms with E-state index in [0.717, 1.165) is 11.3 Å². The quantitative estimate of drug-likeness (QED) is 0.825. The number of carbonyl (C=O) groups is 1. The lowest BCUT2D eigenvalue weighted by Crippen LogP contribution is -2.54. The molecule has 0 bridgehead atoms. The minimum Gasteiger partial charge on any atom is -0.392 e. The summed E-state index contributed by atoms with van der Waals surface area (Å²) in [7, 11) is -3.60. The predicted octanol–water partition coefficient (Wildman–Crippen LogP) is 1.06. The molecule has 1 N–H and O–H groups in total. The third-order valence-electron chi connectivity index (χ3n) is 5.39. The highest BCUT2D eigenvalue weighted by molar-refractivity contribution is 7.89. The number of aliphatic hydroxyl groups excluding tert-OH is 1. The Morgan fingerprint density at radius 2 is 1.96 bits per heavy atom. The van der Waals surface area contributed by atoms with E-state index in [4.69, 9.17) is 0 Å². The fraction of sp³-hybridized carbons (Fsp3) is 0.632. The van der Waals surface area contributed by atoms with Gasteiger partial charge in [0.25, 0.3) is 0 Å². The van der Waals surface area contributed by atoms with E-state index in [-0.39, 0.29) is 22.9 Å². The van der Waals surface area contributed by atoms with Gasteiger partial charge in [-0.2, -0.15) is 4.31 Å². The number of aliphatic hydroxyl groups is 1. The van der Waals surface area contributed by atoms with Crippen LogP contribution in [0.25, 0.3) is 0 Å². The molecule has 150 valence electrons. The second-order valence-electron chi connectivity index (χ2n) is 7.81. The maximum atomic E-state index is 13.2. The number of anilines is 1. The molecule has 0 radical (unpaired) electrons. The molecule has 1 aromatic carbocycles. The van der Waals surface area contributed by atoms with Gasteiger partial charge in [-0.3, -0.25) is 9.69 Å². The van der Waals surface area contributed by atoms with Crippen molar-refractivity contribution in [1.29, 1.82) is 0 Å². The molecule has 1 fully saturated rings. The Morgan fingerprint density at radius 3 is 2.56 bits per heavy atom. The number of rotatable bonds is 4. The average molecular weight is 396 g/mol. The van der Waals surface area contributed by atoms with Crippen LogP contribution in [-0.2, 0) is 21.2 Å². The molecule has 0 aromatic heterocycles. The van der Waals surface area contributed by atoms with Gasteiger partial charge < -0.3 is 10.0 Å². The summed E-state index contributed by atoms with van der Waals surface area (Å²) in [6.45, 7) is 9.31. The maximum absolute atomic E-state index is 13.2. The molecule has 0 spiro atoms. The van der Waals surface area contributed by atoms with E-state index in [0.29, 0.717) is 32.6 Å². The largest absolute Gasteiger partial charge is 0.392 e. The monoisotopic (exact) mass is 395 g/mol. The van der Waals surface area contributed by atoms with Gasteiger partial charge in [0.05, 0.1) is 11.0 Å². The van der Waals surface area contributed by atoms with Gasteiger partial charge in [0.1, 0.15) is 0 Å². The first-order valence-electron chi connectivity index (χ1n) is 9.46. The average Bonchev–Trinajstić information content (AvgIpc) is 2.88. The summed E-state index contributed by atoms with van der Waals surface area (Å²) in [6, 6.07) is 4.96. The number of benzene rings is 1. The van der Waals surface area contributed by atoms with Crippen molar-refractivity contribution in [3.8, 4) is 0 Å². The molecule has 2 aliphatic rings. The number of nitrogens with zero attached hydrogens (tertiary/aromatic N) is 3. The summed E-state index contributed by atoms with van der Waals surface area (Å²) < 4.78 is 28.0. The van der Waals surface area contributed by atoms with Crippen LogP contribution in [0, 0.1) is 0 Å². The van der Waals surface area contributed by atoms with Crippen molar-refractivity contribution in [2.75, 3.05) is 31.1 Å². The van der Waals surface area contributed by atoms with Crippen LogP contribution >= 0.6 is 0 Å². The molecule has 3 rings (SSSR count). The summed E-state index contributed by atoms with van der Waals surface area (Å²) in [5.74, 6) is -0.0280. The lowest BCUT2D eigenvalue weighted by atomic mass is 10.1. The first kappa shape index (κ1) is 20.3. The number of amides is 1. The molecule has 27 heavy (non-hydrogen) atoms. The number of β-amino-alcohol motifs (C(OH)–C–C–N with tert-alkyl or cyclic N) is 1. The topological polar surface area (TPSA) is 81.2 Å². The summed E-state index contributed by atoms with van der Waals surface area (Å²) in [4.78, 5) is 16.0. The van der Waals surface area contributed by atoms with Crippen LogP contribution in [0.2, 0.25) is 0 Å². The minimum atomic E-state index is -3.60. The van der Waals surface area contributed by atoms with Crippen molar-refractivity contribution in [1.82, 2.24) is 9.21 Å². The number of fused-ring (bicyclic) bond motifs is 1. The van der Waals surface area contributed by atoms with Gasteiger partial charge in [0.2, 0.25) is 15.9 Å². The Balaban J connectivity index is 1.83. The van der Waals surface area contributed by atoms with Crippen molar-refractivity contribution in [3.63, 3.8) is 0 Å². The summed E-state index contributed by atoms with van der Waals surface area (Å²) >= 11 is 0. The molecule has 7 nitrogen and oxygen atoms in total. The van der Waals surface area contributed by atoms with Crippen molar-refractivity contribution in [2.24, 2.45) is 0 Å². The molecule has 1 amide bonds. The molecule has 0 aliphatic carbocycles. The number of sulfonamides is 1. The van der Waals surface area contributed by atoms with Gasteiger partial charge in [0.15, 0.2) is 0 Å². The van der Waals surface area contributed by atoms with E-state index in [1.807, 2.05) is 13.8 Å². The molecular formula is C19H29N3O4S. The molecule has 3 unspecified atom stereocenters. The highest BCUT2D eigenvalue weighted by Crippen LogP contribution is 2.35. The van der Waals surface area contributed by atoms with E-state index < -0.39 is 16.1 Å². The first-order chi connectivity index (χ1) is 12.6. The normalized spacial score (nSPS) is 25.4. The fourth-order valence-corrected chi connectivity index (χ4v) is 5.96. The van der Waals surface area contributed by atoms with E-state index in [9.17, 15) is 18.3 Å². The highest BCUT2D eigenvalue weighted by Gasteiger charge is 2.36. The zero-order valence-electron chi connectivity index (χ0n) is 16.4. The zero-order valence-corrected chi connectivity index (χ0v) is 17.2. The SMILES string of the molecule is CC(=O)N1c2ccc(S(=O)(=O)N3CCN(CC(C)O)CC3C)cc2CC1C. The van der Waals surface area contributed by atoms with Gasteiger partial charge in [-0.15, -0.1) is 0 Å². The van der Waals surface area contributed by atoms with E-state index in [2.05, 4.69) is 4.90 Å². The van der Waals surface area contributed by atoms with Crippen molar-refractivity contribution >= 4 is 21.6 Å². The van der Waals surface area contributed by atoms with Gasteiger partial charge in [-0.25, -0.2) is 8.42 Å². The second kappa shape index (κ2) is 7.50. The lowest BCUT2D eigenvalue weighted by molar-refractivity contribution is -0.116. The Labute approximate surface area is 161 Å². The zero-order chi connectivity index (χ0) is 19.9. The van der Waals surface area contributed by atoms with Crippen LogP contribution < -0.4 is 4.90 Å². The molecule has 1 saturated heterocycles. The van der Waals surface area contributed by atoms with Crippen molar-refractivity contribution < 1.29 is 18.3 Å². The van der Waals surface area contributed by atoms with Gasteiger partial charge in [-0.05, 0) is 51.0 Å². The van der Waals surface area contributed by atoms with Crippen molar-refractivity contribution in [3.05, 3.63) is 23.8 Å². The molecule has 1 aromatic rings. The summed E-state index contributed by atoms with van der Waals surface area (Å²) in [5, 5.41) is 9.56. The smallest absolute Gasteiger partial charge is 0.243 e. The lowest BCUT2D eigenvalue weighted by Gasteiger charge is -2.39. The van der Waals surface area contributed by atoms with E-state index in [1.165, 1.54) is 6.92 Å². The van der Waals surface area contributed by atoms with Crippen molar-refractivity contribution in [2.45, 2.75) is 57.2 Å². The predicted molar refractivity (Wildman–Crippen MR) is 104 cm³/mol. The third-order valence-corrected chi connectivity index (χ3v) is 7.40. The van der Waals surface area contributed by atoms with Gasteiger partial charge >= 0.3 is 0 Å². The van der Waals surface area contributed by atoms with E-state index in [1.54, 1.807) is 34.3 Å². The summed E-state index contributed by atoms with van der Waals surface area (Å²) in [5.41, 5.74) is 1.71. The van der Waals surface area contributed by atoms with Gasteiger partial charge in [-0.1, -0.05) is 0 Å². The Kier molecular flexibility index (Phi) is 5.63. The van der Waals surface area contributed by atoms with Gasteiger partial charge in [0, 0.05) is 50.9 Å². The molecule has 8 heteroatoms. The van der Waals surface area contributed by atoms with Crippen LogP contribution in [0.5, 0.6) is 0 Å². The number of hydrogen-bond acceptors (Lipinski definition) is 5. The van der Waals surface area contributed by atoms with Crippen LogP contribution in [0.4, 0.5) is 5.69 Å². The fourth-order valence-electron chi connectivity index (χ4n) is 4.30.